The Morgan fingerprint density at radius 2 is 2.08 bits per heavy atom. The Kier molecular flexibility index (Phi) is 3.78. The summed E-state index contributed by atoms with van der Waals surface area (Å²) < 4.78 is 0. The van der Waals surface area contributed by atoms with Crippen LogP contribution in [0.25, 0.3) is 0 Å². The van der Waals surface area contributed by atoms with Crippen molar-refractivity contribution in [2.75, 3.05) is 0 Å². The van der Waals surface area contributed by atoms with E-state index in [1.54, 1.807) is 0 Å². The van der Waals surface area contributed by atoms with Crippen molar-refractivity contribution in [1.82, 2.24) is 0 Å². The highest BCUT2D eigenvalue weighted by Crippen LogP contribution is 2.09. The van der Waals surface area contributed by atoms with Crippen LogP contribution in [0.15, 0.2) is 30.3 Å². The zero-order valence-electron chi connectivity index (χ0n) is 7.44. The highest BCUT2D eigenvalue weighted by molar-refractivity contribution is 5.55. The predicted molar refractivity (Wildman–Crippen MR) is 53.2 cm³/mol. The van der Waals surface area contributed by atoms with Crippen LogP contribution in [0.2, 0.25) is 0 Å². The van der Waals surface area contributed by atoms with Gasteiger partial charge in [0.2, 0.25) is 0 Å². The van der Waals surface area contributed by atoms with Gasteiger partial charge in [0, 0.05) is 12.3 Å². The first-order valence-electron chi connectivity index (χ1n) is 4.29. The van der Waals surface area contributed by atoms with Crippen molar-refractivity contribution in [3.63, 3.8) is 0 Å². The fraction of sp³-hybridized carbons (Fsp3) is 0.250. The number of hydrogen-bond acceptors (Lipinski definition) is 1. The fourth-order valence-corrected chi connectivity index (χ4v) is 1.24. The third-order valence-electron chi connectivity index (χ3n) is 1.91. The average Bonchev–Trinajstić information content (AvgIpc) is 2.19. The summed E-state index contributed by atoms with van der Waals surface area (Å²) >= 11 is 0. The molecule has 0 saturated carbocycles. The van der Waals surface area contributed by atoms with Gasteiger partial charge in [0.15, 0.2) is 0 Å². The molecule has 0 radical (unpaired) electrons. The molecule has 1 heteroatoms. The van der Waals surface area contributed by atoms with Crippen LogP contribution in [0.4, 0.5) is 0 Å². The molecule has 13 heavy (non-hydrogen) atoms. The minimum Gasteiger partial charge on any atom is -0.303 e. The van der Waals surface area contributed by atoms with E-state index in [9.17, 15) is 4.79 Å². The summed E-state index contributed by atoms with van der Waals surface area (Å²) in [5.74, 6) is 2.47. The van der Waals surface area contributed by atoms with E-state index in [0.29, 0.717) is 6.42 Å². The molecule has 1 rings (SSSR count). The maximum Gasteiger partial charge on any atom is 0.124 e. The molecule has 0 aromatic heterocycles. The van der Waals surface area contributed by atoms with Crippen molar-refractivity contribution >= 4 is 6.29 Å². The molecule has 1 aromatic rings. The van der Waals surface area contributed by atoms with Gasteiger partial charge in [0.25, 0.3) is 0 Å². The van der Waals surface area contributed by atoms with E-state index in [0.717, 1.165) is 18.3 Å². The highest BCUT2D eigenvalue weighted by atomic mass is 16.1. The topological polar surface area (TPSA) is 17.1 Å². The predicted octanol–water partition coefficient (Wildman–Crippen LogP) is 2.07. The maximum absolute atomic E-state index is 10.6. The summed E-state index contributed by atoms with van der Waals surface area (Å²) in [6.45, 7) is 0. The van der Waals surface area contributed by atoms with Crippen molar-refractivity contribution in [2.45, 2.75) is 12.8 Å². The van der Waals surface area contributed by atoms with Gasteiger partial charge < -0.3 is 4.79 Å². The molecular formula is C12H12O. The Balaban J connectivity index is 2.57. The number of carbonyl (C=O) groups excluding carboxylic acids is 1. The third kappa shape index (κ3) is 3.13. The smallest absolute Gasteiger partial charge is 0.124 e. The Morgan fingerprint density at radius 3 is 2.62 bits per heavy atom. The van der Waals surface area contributed by atoms with E-state index in [4.69, 9.17) is 6.42 Å². The molecule has 1 atom stereocenters. The molecule has 0 fully saturated rings. The second-order valence-corrected chi connectivity index (χ2v) is 2.99. The van der Waals surface area contributed by atoms with Gasteiger partial charge in [-0.05, 0) is 12.0 Å². The van der Waals surface area contributed by atoms with Crippen LogP contribution in [0.3, 0.4) is 0 Å². The lowest BCUT2D eigenvalue weighted by molar-refractivity contribution is -0.110. The quantitative estimate of drug-likeness (QED) is 0.502. The molecule has 0 bridgehead atoms. The number of hydrogen-bond donors (Lipinski definition) is 0. The summed E-state index contributed by atoms with van der Waals surface area (Å²) in [6.07, 6.45) is 7.36. The molecule has 0 spiro atoms. The van der Waals surface area contributed by atoms with Gasteiger partial charge in [-0.25, -0.2) is 0 Å². The molecule has 1 aromatic carbocycles. The van der Waals surface area contributed by atoms with Gasteiger partial charge in [-0.2, -0.15) is 0 Å². The molecule has 0 aliphatic rings. The largest absolute Gasteiger partial charge is 0.303 e. The minimum atomic E-state index is -0.0348. The molecule has 0 saturated heterocycles. The standard InChI is InChI=1S/C12H12O/c1-2-6-12(10-13)9-11-7-4-3-5-8-11/h1,3-5,7-8,10,12H,6,9H2. The molecule has 0 aliphatic heterocycles. The Bertz CT molecular complexity index is 295. The zero-order chi connectivity index (χ0) is 9.52. The first-order valence-corrected chi connectivity index (χ1v) is 4.29. The number of carbonyl (C=O) groups is 1. The summed E-state index contributed by atoms with van der Waals surface area (Å²) in [4.78, 5) is 10.6. The lowest BCUT2D eigenvalue weighted by Crippen LogP contribution is -2.04. The second-order valence-electron chi connectivity index (χ2n) is 2.99. The van der Waals surface area contributed by atoms with Gasteiger partial charge in [0.05, 0.1) is 0 Å². The first-order chi connectivity index (χ1) is 6.36. The monoisotopic (exact) mass is 172 g/mol. The third-order valence-corrected chi connectivity index (χ3v) is 1.91. The molecule has 0 aliphatic carbocycles. The van der Waals surface area contributed by atoms with Gasteiger partial charge in [-0.3, -0.25) is 0 Å². The highest BCUT2D eigenvalue weighted by Gasteiger charge is 2.05. The van der Waals surface area contributed by atoms with E-state index < -0.39 is 0 Å². The lowest BCUT2D eigenvalue weighted by Gasteiger charge is -2.05. The van der Waals surface area contributed by atoms with Crippen LogP contribution in [-0.2, 0) is 11.2 Å². The van der Waals surface area contributed by atoms with Crippen molar-refractivity contribution in [2.24, 2.45) is 5.92 Å². The summed E-state index contributed by atoms with van der Waals surface area (Å²) in [7, 11) is 0. The molecule has 0 N–H and O–H groups in total. The minimum absolute atomic E-state index is 0.0348. The normalized spacial score (nSPS) is 11.6. The summed E-state index contributed by atoms with van der Waals surface area (Å²) in [5.41, 5.74) is 1.16. The van der Waals surface area contributed by atoms with E-state index in [2.05, 4.69) is 5.92 Å². The van der Waals surface area contributed by atoms with Crippen LogP contribution in [0.5, 0.6) is 0 Å². The van der Waals surface area contributed by atoms with Crippen molar-refractivity contribution in [3.05, 3.63) is 35.9 Å². The lowest BCUT2D eigenvalue weighted by atomic mass is 9.98. The summed E-state index contributed by atoms with van der Waals surface area (Å²) in [5, 5.41) is 0. The van der Waals surface area contributed by atoms with Crippen LogP contribution in [-0.4, -0.2) is 6.29 Å². The molecule has 66 valence electrons. The zero-order valence-corrected chi connectivity index (χ0v) is 7.44. The van der Waals surface area contributed by atoms with Crippen LogP contribution in [0, 0.1) is 18.3 Å². The average molecular weight is 172 g/mol. The molecule has 0 heterocycles. The molecule has 1 unspecified atom stereocenters. The van der Waals surface area contributed by atoms with Crippen LogP contribution >= 0.6 is 0 Å². The van der Waals surface area contributed by atoms with Gasteiger partial charge in [0.1, 0.15) is 6.29 Å². The Hall–Kier alpha value is -1.55. The second kappa shape index (κ2) is 5.16. The van der Waals surface area contributed by atoms with Crippen molar-refractivity contribution in [3.8, 4) is 12.3 Å². The van der Waals surface area contributed by atoms with Gasteiger partial charge in [-0.1, -0.05) is 30.3 Å². The van der Waals surface area contributed by atoms with Crippen molar-refractivity contribution < 1.29 is 4.79 Å². The fourth-order valence-electron chi connectivity index (χ4n) is 1.24. The molecular weight excluding hydrogens is 160 g/mol. The molecule has 1 nitrogen and oxygen atoms in total. The van der Waals surface area contributed by atoms with E-state index in [1.165, 1.54) is 0 Å². The van der Waals surface area contributed by atoms with Crippen molar-refractivity contribution in [1.29, 1.82) is 0 Å². The van der Waals surface area contributed by atoms with Crippen LogP contribution < -0.4 is 0 Å². The van der Waals surface area contributed by atoms with E-state index in [-0.39, 0.29) is 5.92 Å². The number of terminal acetylenes is 1. The van der Waals surface area contributed by atoms with Gasteiger partial charge in [-0.15, -0.1) is 12.3 Å². The van der Waals surface area contributed by atoms with Gasteiger partial charge >= 0.3 is 0 Å². The first kappa shape index (κ1) is 9.54. The van der Waals surface area contributed by atoms with E-state index >= 15 is 0 Å². The van der Waals surface area contributed by atoms with E-state index in [1.807, 2.05) is 30.3 Å². The Morgan fingerprint density at radius 1 is 1.38 bits per heavy atom. The number of benzene rings is 1. The number of aldehydes is 1. The Labute approximate surface area is 78.8 Å². The maximum atomic E-state index is 10.6. The SMILES string of the molecule is C#CCC(C=O)Cc1ccccc1. The summed E-state index contributed by atoms with van der Waals surface area (Å²) in [6, 6.07) is 9.90. The number of rotatable bonds is 4. The van der Waals surface area contributed by atoms with Crippen LogP contribution in [0.1, 0.15) is 12.0 Å². The molecule has 0 amide bonds.